The van der Waals surface area contributed by atoms with Crippen molar-refractivity contribution in [3.8, 4) is 23.0 Å². The lowest BCUT2D eigenvalue weighted by Gasteiger charge is -2.28. The number of carboxylic acids is 1. The van der Waals surface area contributed by atoms with E-state index in [4.69, 9.17) is 18.9 Å². The van der Waals surface area contributed by atoms with E-state index in [1.165, 1.54) is 14.2 Å². The topological polar surface area (TPSA) is 83.3 Å². The van der Waals surface area contributed by atoms with Gasteiger partial charge in [-0.2, -0.15) is 0 Å². The number of benzene rings is 2. The number of carbonyl (C=O) groups excluding carboxylic acids is 1. The third-order valence-corrected chi connectivity index (χ3v) is 4.81. The fourth-order valence-corrected chi connectivity index (χ4v) is 3.45. The van der Waals surface area contributed by atoms with E-state index in [1.807, 2.05) is 0 Å². The average Bonchev–Trinajstić information content (AvgIpc) is 2.77. The molecule has 1 aliphatic heterocycles. The molecule has 1 aliphatic rings. The Hall–Kier alpha value is -3.42. The Morgan fingerprint density at radius 2 is 1.55 bits per heavy atom. The van der Waals surface area contributed by atoms with Crippen LogP contribution in [0.15, 0.2) is 36.4 Å². The zero-order valence-electron chi connectivity index (χ0n) is 16.9. The Labute approximate surface area is 169 Å². The molecule has 2 aromatic carbocycles. The van der Waals surface area contributed by atoms with Gasteiger partial charge in [-0.05, 0) is 24.3 Å². The molecule has 0 saturated heterocycles. The van der Waals surface area contributed by atoms with Crippen LogP contribution < -0.4 is 29.0 Å². The Bertz CT molecular complexity index is 941. The molecule has 29 heavy (non-hydrogen) atoms. The second-order valence-electron chi connectivity index (χ2n) is 6.34. The monoisotopic (exact) mass is 400 g/mol. The number of ether oxygens (including phenoxy) is 4. The summed E-state index contributed by atoms with van der Waals surface area (Å²) in [5.74, 6) is 0.972. The first-order chi connectivity index (χ1) is 14.0. The van der Waals surface area contributed by atoms with Crippen molar-refractivity contribution in [2.45, 2.75) is 6.42 Å². The van der Waals surface area contributed by atoms with E-state index in [9.17, 15) is 9.90 Å². The van der Waals surface area contributed by atoms with Gasteiger partial charge in [0.2, 0.25) is 0 Å². The number of nitrogens with zero attached hydrogens (tertiary/aromatic N) is 2. The maximum atomic E-state index is 12.2. The molecule has 0 fully saturated rings. The number of amidine groups is 1. The Balaban J connectivity index is 2.18. The molecule has 0 amide bonds. The molecule has 0 aliphatic carbocycles. The largest absolute Gasteiger partial charge is 0.538 e. The second-order valence-corrected chi connectivity index (χ2v) is 6.34. The van der Waals surface area contributed by atoms with E-state index in [0.717, 1.165) is 6.42 Å². The molecule has 0 saturated carbocycles. The van der Waals surface area contributed by atoms with Crippen molar-refractivity contribution in [1.29, 1.82) is 0 Å². The van der Waals surface area contributed by atoms with Gasteiger partial charge in [-0.25, -0.2) is 9.48 Å². The van der Waals surface area contributed by atoms with Crippen LogP contribution in [0.2, 0.25) is 0 Å². The normalized spacial score (nSPS) is 13.9. The van der Waals surface area contributed by atoms with Crippen molar-refractivity contribution in [1.82, 2.24) is 0 Å². The van der Waals surface area contributed by atoms with Gasteiger partial charge in [0, 0.05) is 18.6 Å². The summed E-state index contributed by atoms with van der Waals surface area (Å²) in [4.78, 5) is 13.9. The quantitative estimate of drug-likeness (QED) is 0.650. The number of methoxy groups -OCH3 is 4. The highest BCUT2D eigenvalue weighted by Crippen LogP contribution is 2.36. The molecule has 1 heterocycles. The van der Waals surface area contributed by atoms with Crippen LogP contribution >= 0.6 is 0 Å². The minimum absolute atomic E-state index is 0.0168. The van der Waals surface area contributed by atoms with Crippen molar-refractivity contribution in [2.75, 3.05) is 46.4 Å². The Kier molecular flexibility index (Phi) is 6.11. The smallest absolute Gasteiger partial charge is 0.305 e. The molecule has 0 unspecified atom stereocenters. The third kappa shape index (κ3) is 3.91. The highest BCUT2D eigenvalue weighted by molar-refractivity contribution is 6.37. The molecule has 0 spiro atoms. The first-order valence-corrected chi connectivity index (χ1v) is 9.11. The van der Waals surface area contributed by atoms with Gasteiger partial charge < -0.3 is 28.8 Å². The van der Waals surface area contributed by atoms with Gasteiger partial charge in [-0.1, -0.05) is 0 Å². The van der Waals surface area contributed by atoms with Crippen molar-refractivity contribution in [2.24, 2.45) is 0 Å². The zero-order valence-corrected chi connectivity index (χ0v) is 16.9. The molecular formula is C21H24N2O6. The summed E-state index contributed by atoms with van der Waals surface area (Å²) >= 11 is 0. The summed E-state index contributed by atoms with van der Waals surface area (Å²) in [7, 11) is 6.19. The van der Waals surface area contributed by atoms with E-state index >= 15 is 0 Å². The van der Waals surface area contributed by atoms with E-state index in [0.29, 0.717) is 47.5 Å². The van der Waals surface area contributed by atoms with Crippen LogP contribution in [0.1, 0.15) is 6.42 Å². The molecule has 154 valence electrons. The predicted octanol–water partition coefficient (Wildman–Crippen LogP) is 1.42. The maximum Gasteiger partial charge on any atom is 0.305 e. The second kappa shape index (κ2) is 8.72. The van der Waals surface area contributed by atoms with Crippen LogP contribution in [0.3, 0.4) is 0 Å². The molecule has 8 heteroatoms. The molecule has 3 rings (SSSR count). The van der Waals surface area contributed by atoms with Crippen molar-refractivity contribution in [3.05, 3.63) is 36.4 Å². The number of anilines is 1. The summed E-state index contributed by atoms with van der Waals surface area (Å²) in [5.41, 5.74) is 1.23. The van der Waals surface area contributed by atoms with Crippen LogP contribution in [0.5, 0.6) is 23.0 Å². The van der Waals surface area contributed by atoms with Crippen LogP contribution in [0.4, 0.5) is 11.4 Å². The number of carbonyl (C=O) groups is 1. The zero-order chi connectivity index (χ0) is 21.0. The number of hydrogen-bond donors (Lipinski definition) is 0. The Morgan fingerprint density at radius 1 is 0.931 bits per heavy atom. The number of rotatable bonds is 7. The van der Waals surface area contributed by atoms with Crippen LogP contribution in [-0.4, -0.2) is 57.9 Å². The maximum absolute atomic E-state index is 12.2. The lowest BCUT2D eigenvalue weighted by atomic mass is 10.1. The number of aliphatic carboxylic acids is 1. The van der Waals surface area contributed by atoms with E-state index in [2.05, 4.69) is 0 Å². The van der Waals surface area contributed by atoms with Gasteiger partial charge >= 0.3 is 5.84 Å². The third-order valence-electron chi connectivity index (χ3n) is 4.81. The number of carboxylic acid groups (broad SMARTS) is 1. The lowest BCUT2D eigenvalue weighted by molar-refractivity contribution is -0.449. The van der Waals surface area contributed by atoms with Gasteiger partial charge in [0.1, 0.15) is 11.5 Å². The standard InChI is InChI=1S/C21H24N2O6/c1-26-14-6-8-16(18(12-14)28-3)22-10-5-11-23(20(22)21(24)25)17-9-7-15(27-2)13-19(17)29-4/h6-9,12-13H,5,10-11H2,1-4H3. The highest BCUT2D eigenvalue weighted by atomic mass is 16.5. The first kappa shape index (κ1) is 20.3. The van der Waals surface area contributed by atoms with E-state index in [-0.39, 0.29) is 5.84 Å². The fraction of sp³-hybridized carbons (Fsp3) is 0.333. The van der Waals surface area contributed by atoms with E-state index < -0.39 is 5.97 Å². The van der Waals surface area contributed by atoms with Crippen LogP contribution in [0, 0.1) is 0 Å². The predicted molar refractivity (Wildman–Crippen MR) is 106 cm³/mol. The molecule has 0 aromatic heterocycles. The summed E-state index contributed by atoms with van der Waals surface area (Å²) < 4.78 is 23.1. The van der Waals surface area contributed by atoms with Gasteiger partial charge in [-0.3, -0.25) is 0 Å². The molecule has 0 N–H and O–H groups in total. The van der Waals surface area contributed by atoms with E-state index in [1.54, 1.807) is 60.1 Å². The average molecular weight is 400 g/mol. The molecule has 0 radical (unpaired) electrons. The van der Waals surface area contributed by atoms with Gasteiger partial charge in [-0.15, -0.1) is 0 Å². The van der Waals surface area contributed by atoms with Crippen molar-refractivity contribution >= 4 is 23.2 Å². The molecule has 0 atom stereocenters. The van der Waals surface area contributed by atoms with Crippen LogP contribution in [0.25, 0.3) is 0 Å². The molecule has 8 nitrogen and oxygen atoms in total. The minimum atomic E-state index is -1.29. The molecule has 0 bridgehead atoms. The van der Waals surface area contributed by atoms with Gasteiger partial charge in [0.05, 0.1) is 41.5 Å². The van der Waals surface area contributed by atoms with Crippen LogP contribution in [-0.2, 0) is 4.79 Å². The first-order valence-electron chi connectivity index (χ1n) is 9.11. The lowest BCUT2D eigenvalue weighted by Crippen LogP contribution is -2.52. The molecule has 2 aromatic rings. The Morgan fingerprint density at radius 3 is 2.14 bits per heavy atom. The molecular weight excluding hydrogens is 376 g/mol. The SMILES string of the molecule is COc1ccc(N2CCC[N+](c3ccc(OC)cc3OC)=C2C(=O)[O-])c(OC)c1. The van der Waals surface area contributed by atoms with Gasteiger partial charge in [0.15, 0.2) is 28.8 Å². The number of hydrogen-bond acceptors (Lipinski definition) is 7. The summed E-state index contributed by atoms with van der Waals surface area (Å²) in [6.07, 6.45) is 0.723. The van der Waals surface area contributed by atoms with Crippen molar-refractivity contribution in [3.63, 3.8) is 0 Å². The summed E-state index contributed by atoms with van der Waals surface area (Å²) in [6, 6.07) is 10.5. The fourth-order valence-electron chi connectivity index (χ4n) is 3.45. The summed E-state index contributed by atoms with van der Waals surface area (Å²) in [6.45, 7) is 1.00. The highest BCUT2D eigenvalue weighted by Gasteiger charge is 2.34. The summed E-state index contributed by atoms with van der Waals surface area (Å²) in [5, 5.41) is 12.2. The minimum Gasteiger partial charge on any atom is -0.538 e. The van der Waals surface area contributed by atoms with Crippen molar-refractivity contribution < 1.29 is 33.4 Å². The van der Waals surface area contributed by atoms with Gasteiger partial charge in [0.25, 0.3) is 0 Å².